The van der Waals surface area contributed by atoms with Crippen molar-refractivity contribution in [3.05, 3.63) is 0 Å². The molecule has 0 saturated carbocycles. The highest BCUT2D eigenvalue weighted by atomic mass is 16.5. The maximum Gasteiger partial charge on any atom is 0.326 e. The number of nitrogens with one attached hydrogen (secondary N) is 1. The third-order valence-corrected chi connectivity index (χ3v) is 2.11. The van der Waals surface area contributed by atoms with Crippen LogP contribution in [0, 0.1) is 12.3 Å². The van der Waals surface area contributed by atoms with E-state index in [4.69, 9.17) is 21.0 Å². The smallest absolute Gasteiger partial charge is 0.326 e. The fraction of sp³-hybridized carbons (Fsp3) is 0.667. The predicted molar refractivity (Wildman–Crippen MR) is 64.9 cm³/mol. The second-order valence-corrected chi connectivity index (χ2v) is 3.60. The molecule has 0 rings (SSSR count). The molecule has 0 heterocycles. The Morgan fingerprint density at radius 3 is 2.72 bits per heavy atom. The van der Waals surface area contributed by atoms with E-state index in [1.165, 1.54) is 7.11 Å². The summed E-state index contributed by atoms with van der Waals surface area (Å²) in [5, 5.41) is 11.3. The average Bonchev–Trinajstić information content (AvgIpc) is 2.33. The predicted octanol–water partition coefficient (Wildman–Crippen LogP) is 0.0223. The number of hydrogen-bond acceptors (Lipinski definition) is 4. The lowest BCUT2D eigenvalue weighted by Crippen LogP contribution is -2.42. The number of hydrogen-bond donors (Lipinski definition) is 2. The van der Waals surface area contributed by atoms with Gasteiger partial charge >= 0.3 is 5.97 Å². The summed E-state index contributed by atoms with van der Waals surface area (Å²) >= 11 is 0. The summed E-state index contributed by atoms with van der Waals surface area (Å²) < 4.78 is 9.72. The van der Waals surface area contributed by atoms with Crippen molar-refractivity contribution in [1.82, 2.24) is 5.32 Å². The Kier molecular flexibility index (Phi) is 9.64. The first-order chi connectivity index (χ1) is 8.61. The molecule has 0 bridgehead atoms. The van der Waals surface area contributed by atoms with E-state index in [9.17, 15) is 9.59 Å². The minimum atomic E-state index is -1.07. The fourth-order valence-corrected chi connectivity index (χ4v) is 1.21. The van der Waals surface area contributed by atoms with Crippen molar-refractivity contribution in [2.24, 2.45) is 0 Å². The molecule has 2 N–H and O–H groups in total. The van der Waals surface area contributed by atoms with Crippen molar-refractivity contribution in [1.29, 1.82) is 0 Å². The van der Waals surface area contributed by atoms with E-state index in [1.54, 1.807) is 0 Å². The van der Waals surface area contributed by atoms with Crippen LogP contribution in [0.2, 0.25) is 0 Å². The minimum Gasteiger partial charge on any atom is -0.480 e. The number of carbonyl (C=O) groups excluding carboxylic acids is 1. The van der Waals surface area contributed by atoms with Crippen LogP contribution in [-0.4, -0.2) is 50.0 Å². The van der Waals surface area contributed by atoms with Gasteiger partial charge in [0.2, 0.25) is 5.91 Å². The molecule has 0 radical (unpaired) electrons. The molecule has 0 spiro atoms. The summed E-state index contributed by atoms with van der Waals surface area (Å²) in [7, 11) is 1.52. The van der Waals surface area contributed by atoms with Crippen LogP contribution in [0.5, 0.6) is 0 Å². The summed E-state index contributed by atoms with van der Waals surface area (Å²) in [4.78, 5) is 22.3. The van der Waals surface area contributed by atoms with E-state index in [0.717, 1.165) is 0 Å². The SMILES string of the molecule is C#CCCC[C@@H](NC(=O)COCCOC)C(=O)O. The molecule has 0 aromatic carbocycles. The zero-order valence-electron chi connectivity index (χ0n) is 10.5. The van der Waals surface area contributed by atoms with Crippen molar-refractivity contribution < 1.29 is 24.2 Å². The summed E-state index contributed by atoms with van der Waals surface area (Å²) in [6.07, 6.45) is 6.42. The van der Waals surface area contributed by atoms with Crippen LogP contribution in [0.25, 0.3) is 0 Å². The lowest BCUT2D eigenvalue weighted by Gasteiger charge is -2.13. The lowest BCUT2D eigenvalue weighted by atomic mass is 10.1. The zero-order valence-corrected chi connectivity index (χ0v) is 10.5. The maximum absolute atomic E-state index is 11.4. The molecule has 0 fully saturated rings. The Hall–Kier alpha value is -1.58. The first kappa shape index (κ1) is 16.4. The van der Waals surface area contributed by atoms with E-state index in [-0.39, 0.29) is 6.61 Å². The molecule has 0 saturated heterocycles. The second-order valence-electron chi connectivity index (χ2n) is 3.60. The van der Waals surface area contributed by atoms with E-state index < -0.39 is 17.9 Å². The van der Waals surface area contributed by atoms with Gasteiger partial charge in [-0.25, -0.2) is 4.79 Å². The second kappa shape index (κ2) is 10.6. The molecule has 6 heteroatoms. The number of unbranched alkanes of at least 4 members (excludes halogenated alkanes) is 1. The van der Waals surface area contributed by atoms with Gasteiger partial charge in [-0.15, -0.1) is 12.3 Å². The fourth-order valence-electron chi connectivity index (χ4n) is 1.21. The van der Waals surface area contributed by atoms with Gasteiger partial charge in [-0.05, 0) is 12.8 Å². The van der Waals surface area contributed by atoms with Gasteiger partial charge in [0.05, 0.1) is 13.2 Å². The molecule has 102 valence electrons. The number of carboxylic acid groups (broad SMARTS) is 1. The summed E-state index contributed by atoms with van der Waals surface area (Å²) in [6, 6.07) is -0.920. The van der Waals surface area contributed by atoms with E-state index in [0.29, 0.717) is 32.5 Å². The third kappa shape index (κ3) is 8.56. The Labute approximate surface area is 107 Å². The Morgan fingerprint density at radius 2 is 2.17 bits per heavy atom. The lowest BCUT2D eigenvalue weighted by molar-refractivity contribution is -0.142. The van der Waals surface area contributed by atoms with Gasteiger partial charge < -0.3 is 19.9 Å². The van der Waals surface area contributed by atoms with E-state index >= 15 is 0 Å². The molecule has 0 aromatic heterocycles. The van der Waals surface area contributed by atoms with Crippen LogP contribution in [0.1, 0.15) is 19.3 Å². The van der Waals surface area contributed by atoms with Gasteiger partial charge in [0.25, 0.3) is 0 Å². The van der Waals surface area contributed by atoms with Gasteiger partial charge in [0, 0.05) is 13.5 Å². The van der Waals surface area contributed by atoms with Crippen molar-refractivity contribution in [2.45, 2.75) is 25.3 Å². The molecule has 18 heavy (non-hydrogen) atoms. The Bertz CT molecular complexity index is 297. The molecule has 0 aliphatic heterocycles. The van der Waals surface area contributed by atoms with Crippen LogP contribution < -0.4 is 5.32 Å². The van der Waals surface area contributed by atoms with Gasteiger partial charge in [-0.2, -0.15) is 0 Å². The van der Waals surface area contributed by atoms with Crippen molar-refractivity contribution in [3.8, 4) is 12.3 Å². The summed E-state index contributed by atoms with van der Waals surface area (Å²) in [5.41, 5.74) is 0. The molecule has 0 aliphatic carbocycles. The van der Waals surface area contributed by atoms with Crippen LogP contribution in [-0.2, 0) is 19.1 Å². The van der Waals surface area contributed by atoms with Gasteiger partial charge in [0.15, 0.2) is 0 Å². The van der Waals surface area contributed by atoms with Crippen LogP contribution in [0.15, 0.2) is 0 Å². The van der Waals surface area contributed by atoms with Crippen LogP contribution in [0.4, 0.5) is 0 Å². The average molecular weight is 257 g/mol. The number of carboxylic acids is 1. The first-order valence-electron chi connectivity index (χ1n) is 5.64. The number of ether oxygens (including phenoxy) is 2. The van der Waals surface area contributed by atoms with Gasteiger partial charge in [0.1, 0.15) is 12.6 Å². The molecule has 6 nitrogen and oxygen atoms in total. The monoisotopic (exact) mass is 257 g/mol. The first-order valence-corrected chi connectivity index (χ1v) is 5.64. The summed E-state index contributed by atoms with van der Waals surface area (Å²) in [5.74, 6) is 0.888. The van der Waals surface area contributed by atoms with Crippen LogP contribution >= 0.6 is 0 Å². The Morgan fingerprint density at radius 1 is 1.44 bits per heavy atom. The molecular weight excluding hydrogens is 238 g/mol. The molecule has 1 atom stereocenters. The van der Waals surface area contributed by atoms with Gasteiger partial charge in [-0.3, -0.25) is 4.79 Å². The third-order valence-electron chi connectivity index (χ3n) is 2.11. The Balaban J connectivity index is 3.89. The van der Waals surface area contributed by atoms with E-state index in [1.807, 2.05) is 0 Å². The largest absolute Gasteiger partial charge is 0.480 e. The minimum absolute atomic E-state index is 0.178. The molecule has 0 unspecified atom stereocenters. The number of terminal acetylenes is 1. The molecule has 0 aromatic rings. The molecule has 0 aliphatic rings. The number of aliphatic carboxylic acids is 1. The number of carbonyl (C=O) groups is 2. The normalized spacial score (nSPS) is 11.6. The highest BCUT2D eigenvalue weighted by Gasteiger charge is 2.18. The number of methoxy groups -OCH3 is 1. The standard InChI is InChI=1S/C12H19NO5/c1-3-4-5-6-10(12(15)16)13-11(14)9-18-8-7-17-2/h1,10H,4-9H2,2H3,(H,13,14)(H,15,16)/t10-/m1/s1. The number of amides is 1. The van der Waals surface area contributed by atoms with E-state index in [2.05, 4.69) is 11.2 Å². The topological polar surface area (TPSA) is 84.9 Å². The van der Waals surface area contributed by atoms with Crippen molar-refractivity contribution in [3.63, 3.8) is 0 Å². The number of rotatable bonds is 10. The van der Waals surface area contributed by atoms with Gasteiger partial charge in [-0.1, -0.05) is 0 Å². The highest BCUT2D eigenvalue weighted by Crippen LogP contribution is 2.00. The quantitative estimate of drug-likeness (QED) is 0.426. The summed E-state index contributed by atoms with van der Waals surface area (Å²) in [6.45, 7) is 0.499. The maximum atomic E-state index is 11.4. The molecule has 1 amide bonds. The highest BCUT2D eigenvalue weighted by molar-refractivity contribution is 5.84. The van der Waals surface area contributed by atoms with Crippen molar-refractivity contribution in [2.75, 3.05) is 26.9 Å². The van der Waals surface area contributed by atoms with Crippen LogP contribution in [0.3, 0.4) is 0 Å². The zero-order chi connectivity index (χ0) is 13.8. The molecular formula is C12H19NO5. The van der Waals surface area contributed by atoms with Crippen molar-refractivity contribution >= 4 is 11.9 Å².